The summed E-state index contributed by atoms with van der Waals surface area (Å²) in [6.07, 6.45) is 1.55. The average molecular weight is 242 g/mol. The SMILES string of the molecule is COc1cc(C)ccc1C(=O)c1cccnc1N. The summed E-state index contributed by atoms with van der Waals surface area (Å²) in [5.74, 6) is 0.589. The van der Waals surface area contributed by atoms with E-state index in [1.165, 1.54) is 7.11 Å². The average Bonchev–Trinajstić information content (AvgIpc) is 2.38. The number of hydrogen-bond acceptors (Lipinski definition) is 4. The number of aryl methyl sites for hydroxylation is 1. The minimum absolute atomic E-state index is 0.183. The number of carbonyl (C=O) groups excluding carboxylic acids is 1. The normalized spacial score (nSPS) is 10.1. The molecule has 0 unspecified atom stereocenters. The highest BCUT2D eigenvalue weighted by atomic mass is 16.5. The topological polar surface area (TPSA) is 65.2 Å². The predicted molar refractivity (Wildman–Crippen MR) is 69.8 cm³/mol. The molecule has 2 N–H and O–H groups in total. The summed E-state index contributed by atoms with van der Waals surface area (Å²) in [6.45, 7) is 1.94. The number of hydrogen-bond donors (Lipinski definition) is 1. The molecule has 0 fully saturated rings. The Kier molecular flexibility index (Phi) is 3.28. The summed E-state index contributed by atoms with van der Waals surface area (Å²) < 4.78 is 5.23. The minimum Gasteiger partial charge on any atom is -0.496 e. The number of ether oxygens (including phenoxy) is 1. The first kappa shape index (κ1) is 12.1. The molecule has 0 atom stereocenters. The molecule has 2 rings (SSSR count). The lowest BCUT2D eigenvalue weighted by Gasteiger charge is -2.09. The van der Waals surface area contributed by atoms with Crippen molar-refractivity contribution in [1.82, 2.24) is 4.98 Å². The number of benzene rings is 1. The van der Waals surface area contributed by atoms with E-state index in [2.05, 4.69) is 4.98 Å². The molecule has 92 valence electrons. The molecular weight excluding hydrogens is 228 g/mol. The van der Waals surface area contributed by atoms with Gasteiger partial charge in [0.15, 0.2) is 5.78 Å². The van der Waals surface area contributed by atoms with Crippen molar-refractivity contribution in [3.05, 3.63) is 53.2 Å². The maximum Gasteiger partial charge on any atom is 0.200 e. The molecule has 1 aromatic carbocycles. The van der Waals surface area contributed by atoms with Crippen LogP contribution in [-0.4, -0.2) is 17.9 Å². The van der Waals surface area contributed by atoms with Gasteiger partial charge in [-0.05, 0) is 36.8 Å². The summed E-state index contributed by atoms with van der Waals surface area (Å²) in [5.41, 5.74) is 7.61. The number of nitrogen functional groups attached to an aromatic ring is 1. The maximum absolute atomic E-state index is 12.4. The minimum atomic E-state index is -0.183. The van der Waals surface area contributed by atoms with Gasteiger partial charge in [0.05, 0.1) is 18.2 Å². The second-order valence-corrected chi connectivity index (χ2v) is 3.97. The van der Waals surface area contributed by atoms with Crippen LogP contribution >= 0.6 is 0 Å². The van der Waals surface area contributed by atoms with E-state index in [0.717, 1.165) is 5.56 Å². The summed E-state index contributed by atoms with van der Waals surface area (Å²) >= 11 is 0. The summed E-state index contributed by atoms with van der Waals surface area (Å²) in [5, 5.41) is 0. The highest BCUT2D eigenvalue weighted by molar-refractivity contribution is 6.13. The van der Waals surface area contributed by atoms with E-state index in [-0.39, 0.29) is 11.6 Å². The van der Waals surface area contributed by atoms with Gasteiger partial charge in [0.2, 0.25) is 0 Å². The fourth-order valence-corrected chi connectivity index (χ4v) is 1.74. The molecule has 0 bridgehead atoms. The Balaban J connectivity index is 2.50. The van der Waals surface area contributed by atoms with E-state index in [1.807, 2.05) is 19.1 Å². The summed E-state index contributed by atoms with van der Waals surface area (Å²) in [7, 11) is 1.54. The van der Waals surface area contributed by atoms with E-state index in [1.54, 1.807) is 24.4 Å². The van der Waals surface area contributed by atoms with Gasteiger partial charge in [0, 0.05) is 6.20 Å². The molecule has 0 aliphatic carbocycles. The van der Waals surface area contributed by atoms with Gasteiger partial charge in [0.1, 0.15) is 11.6 Å². The number of nitrogens with two attached hydrogens (primary N) is 1. The molecule has 18 heavy (non-hydrogen) atoms. The van der Waals surface area contributed by atoms with Crippen molar-refractivity contribution in [3.8, 4) is 5.75 Å². The van der Waals surface area contributed by atoms with Gasteiger partial charge in [-0.15, -0.1) is 0 Å². The van der Waals surface area contributed by atoms with E-state index in [9.17, 15) is 4.79 Å². The highest BCUT2D eigenvalue weighted by Gasteiger charge is 2.17. The number of ketones is 1. The van der Waals surface area contributed by atoms with E-state index < -0.39 is 0 Å². The van der Waals surface area contributed by atoms with Crippen molar-refractivity contribution in [2.75, 3.05) is 12.8 Å². The first-order valence-electron chi connectivity index (χ1n) is 5.53. The van der Waals surface area contributed by atoms with Gasteiger partial charge in [0.25, 0.3) is 0 Å². The number of nitrogens with zero attached hydrogens (tertiary/aromatic N) is 1. The van der Waals surface area contributed by atoms with Crippen LogP contribution in [0, 0.1) is 6.92 Å². The van der Waals surface area contributed by atoms with Crippen molar-refractivity contribution >= 4 is 11.6 Å². The lowest BCUT2D eigenvalue weighted by Crippen LogP contribution is -2.08. The molecular formula is C14H14N2O2. The van der Waals surface area contributed by atoms with Crippen LogP contribution in [-0.2, 0) is 0 Å². The van der Waals surface area contributed by atoms with E-state index >= 15 is 0 Å². The van der Waals surface area contributed by atoms with Crippen LogP contribution in [0.25, 0.3) is 0 Å². The van der Waals surface area contributed by atoms with Crippen molar-refractivity contribution in [2.24, 2.45) is 0 Å². The number of anilines is 1. The number of rotatable bonds is 3. The van der Waals surface area contributed by atoms with Crippen LogP contribution < -0.4 is 10.5 Å². The molecule has 0 saturated carbocycles. The highest BCUT2D eigenvalue weighted by Crippen LogP contribution is 2.24. The third kappa shape index (κ3) is 2.18. The Hall–Kier alpha value is -2.36. The van der Waals surface area contributed by atoms with Crippen molar-refractivity contribution in [3.63, 3.8) is 0 Å². The fraction of sp³-hybridized carbons (Fsp3) is 0.143. The number of pyridine rings is 1. The Morgan fingerprint density at radius 3 is 2.72 bits per heavy atom. The number of carbonyl (C=O) groups is 1. The van der Waals surface area contributed by atoms with Gasteiger partial charge in [-0.25, -0.2) is 4.98 Å². The smallest absolute Gasteiger partial charge is 0.200 e. The Labute approximate surface area is 105 Å². The molecule has 4 heteroatoms. The van der Waals surface area contributed by atoms with Gasteiger partial charge in [-0.3, -0.25) is 4.79 Å². The quantitative estimate of drug-likeness (QED) is 0.838. The molecule has 0 radical (unpaired) electrons. The molecule has 0 aliphatic heterocycles. The number of methoxy groups -OCH3 is 1. The van der Waals surface area contributed by atoms with Crippen LogP contribution in [0.5, 0.6) is 5.75 Å². The van der Waals surface area contributed by atoms with Crippen LogP contribution in [0.3, 0.4) is 0 Å². The second kappa shape index (κ2) is 4.87. The first-order valence-corrected chi connectivity index (χ1v) is 5.53. The molecule has 1 aromatic heterocycles. The first-order chi connectivity index (χ1) is 8.63. The molecule has 0 spiro atoms. The Morgan fingerprint density at radius 2 is 2.06 bits per heavy atom. The van der Waals surface area contributed by atoms with Gasteiger partial charge < -0.3 is 10.5 Å². The Morgan fingerprint density at radius 1 is 1.28 bits per heavy atom. The molecule has 1 heterocycles. The van der Waals surface area contributed by atoms with Crippen molar-refractivity contribution in [2.45, 2.75) is 6.92 Å². The Bertz CT molecular complexity index is 594. The zero-order valence-corrected chi connectivity index (χ0v) is 10.3. The molecule has 4 nitrogen and oxygen atoms in total. The summed E-state index contributed by atoms with van der Waals surface area (Å²) in [6, 6.07) is 8.76. The third-order valence-electron chi connectivity index (χ3n) is 2.68. The van der Waals surface area contributed by atoms with Gasteiger partial charge in [-0.1, -0.05) is 6.07 Å². The monoisotopic (exact) mass is 242 g/mol. The van der Waals surface area contributed by atoms with Gasteiger partial charge >= 0.3 is 0 Å². The van der Waals surface area contributed by atoms with E-state index in [0.29, 0.717) is 16.9 Å². The van der Waals surface area contributed by atoms with Crippen molar-refractivity contribution < 1.29 is 9.53 Å². The zero-order chi connectivity index (χ0) is 13.1. The van der Waals surface area contributed by atoms with Crippen LogP contribution in [0.1, 0.15) is 21.5 Å². The molecule has 0 amide bonds. The van der Waals surface area contributed by atoms with Crippen LogP contribution in [0.15, 0.2) is 36.5 Å². The lowest BCUT2D eigenvalue weighted by molar-refractivity contribution is 0.103. The molecule has 0 saturated heterocycles. The maximum atomic E-state index is 12.4. The number of aromatic nitrogens is 1. The second-order valence-electron chi connectivity index (χ2n) is 3.97. The molecule has 2 aromatic rings. The zero-order valence-electron chi connectivity index (χ0n) is 10.3. The van der Waals surface area contributed by atoms with Crippen LogP contribution in [0.4, 0.5) is 5.82 Å². The fourth-order valence-electron chi connectivity index (χ4n) is 1.74. The van der Waals surface area contributed by atoms with Gasteiger partial charge in [-0.2, -0.15) is 0 Å². The van der Waals surface area contributed by atoms with E-state index in [4.69, 9.17) is 10.5 Å². The summed E-state index contributed by atoms with van der Waals surface area (Å²) in [4.78, 5) is 16.3. The molecule has 0 aliphatic rings. The predicted octanol–water partition coefficient (Wildman–Crippen LogP) is 2.21. The largest absolute Gasteiger partial charge is 0.496 e. The standard InChI is InChI=1S/C14H14N2O2/c1-9-5-6-10(12(8-9)18-2)13(17)11-4-3-7-16-14(11)15/h3-8H,1-2H3,(H2,15,16). The lowest BCUT2D eigenvalue weighted by atomic mass is 10.0. The van der Waals surface area contributed by atoms with Crippen LogP contribution in [0.2, 0.25) is 0 Å². The van der Waals surface area contributed by atoms with Crippen molar-refractivity contribution in [1.29, 1.82) is 0 Å². The third-order valence-corrected chi connectivity index (χ3v) is 2.68.